The molecule has 0 bridgehead atoms. The Morgan fingerprint density at radius 1 is 1.05 bits per heavy atom. The molecular weight excluding hydrogens is 496 g/mol. The number of carbonyl (C=O) groups is 1. The molecule has 37 heavy (non-hydrogen) atoms. The first-order valence-corrected chi connectivity index (χ1v) is 15.0. The SMILES string of the molecule is CCCCCc1cccc2c1C(C(=O)NCCC)c1cccc(Sc3nc4ccc(OCC)cc4s3)c1-2. The summed E-state index contributed by atoms with van der Waals surface area (Å²) in [7, 11) is 0. The number of hydrogen-bond acceptors (Lipinski definition) is 5. The van der Waals surface area contributed by atoms with Crippen LogP contribution in [0.1, 0.15) is 69.1 Å². The van der Waals surface area contributed by atoms with E-state index in [0.717, 1.165) is 50.0 Å². The third-order valence-electron chi connectivity index (χ3n) is 6.83. The largest absolute Gasteiger partial charge is 0.494 e. The fraction of sp³-hybridized carbons (Fsp3) is 0.355. The van der Waals surface area contributed by atoms with E-state index in [1.165, 1.54) is 35.1 Å². The Labute approximate surface area is 227 Å². The molecule has 3 aromatic carbocycles. The molecule has 6 heteroatoms. The number of fused-ring (bicyclic) bond motifs is 4. The van der Waals surface area contributed by atoms with Crippen molar-refractivity contribution in [3.63, 3.8) is 0 Å². The topological polar surface area (TPSA) is 51.2 Å². The summed E-state index contributed by atoms with van der Waals surface area (Å²) in [4.78, 5) is 19.6. The highest BCUT2D eigenvalue weighted by Gasteiger charge is 2.37. The van der Waals surface area contributed by atoms with Gasteiger partial charge in [0.05, 0.1) is 22.7 Å². The number of hydrogen-bond donors (Lipinski definition) is 1. The van der Waals surface area contributed by atoms with E-state index in [1.54, 1.807) is 23.1 Å². The van der Waals surface area contributed by atoms with Crippen molar-refractivity contribution in [2.75, 3.05) is 13.2 Å². The fourth-order valence-electron chi connectivity index (χ4n) is 5.17. The molecule has 0 saturated heterocycles. The number of aryl methyl sites for hydroxylation is 1. The van der Waals surface area contributed by atoms with Crippen LogP contribution in [0.3, 0.4) is 0 Å². The first-order valence-electron chi connectivity index (χ1n) is 13.4. The summed E-state index contributed by atoms with van der Waals surface area (Å²) in [6, 6.07) is 19.0. The van der Waals surface area contributed by atoms with Crippen LogP contribution in [-0.2, 0) is 11.2 Å². The molecule has 0 fully saturated rings. The number of carbonyl (C=O) groups excluding carboxylic acids is 1. The molecule has 1 atom stereocenters. The molecule has 0 saturated carbocycles. The Balaban J connectivity index is 1.56. The highest BCUT2D eigenvalue weighted by atomic mass is 32.2. The summed E-state index contributed by atoms with van der Waals surface area (Å²) in [5, 5.41) is 3.19. The van der Waals surface area contributed by atoms with Gasteiger partial charge in [-0.15, -0.1) is 11.3 Å². The smallest absolute Gasteiger partial charge is 0.232 e. The van der Waals surface area contributed by atoms with Crippen LogP contribution in [0.25, 0.3) is 21.3 Å². The average molecular weight is 531 g/mol. The number of nitrogens with one attached hydrogen (secondary N) is 1. The van der Waals surface area contributed by atoms with Crippen molar-refractivity contribution in [3.05, 3.63) is 71.3 Å². The number of aromatic nitrogens is 1. The Hall–Kier alpha value is -2.83. The molecule has 0 radical (unpaired) electrons. The van der Waals surface area contributed by atoms with Crippen molar-refractivity contribution in [3.8, 4) is 16.9 Å². The quantitative estimate of drug-likeness (QED) is 0.199. The molecule has 1 amide bonds. The first kappa shape index (κ1) is 25.8. The van der Waals surface area contributed by atoms with Gasteiger partial charge in [0.25, 0.3) is 0 Å². The van der Waals surface area contributed by atoms with E-state index in [9.17, 15) is 4.79 Å². The number of amides is 1. The van der Waals surface area contributed by atoms with Crippen molar-refractivity contribution in [2.45, 2.75) is 68.0 Å². The van der Waals surface area contributed by atoms with E-state index in [-0.39, 0.29) is 11.8 Å². The van der Waals surface area contributed by atoms with Gasteiger partial charge in [-0.05, 0) is 72.7 Å². The lowest BCUT2D eigenvalue weighted by atomic mass is 9.90. The molecule has 1 aliphatic carbocycles. The zero-order chi connectivity index (χ0) is 25.8. The lowest BCUT2D eigenvalue weighted by molar-refractivity contribution is -0.121. The monoisotopic (exact) mass is 530 g/mol. The standard InChI is InChI=1S/C31H34N2O2S2/c1-4-7-8-11-20-12-9-13-22-27(20)29(30(34)32-18-5-2)23-14-10-15-25(28(22)23)36-31-33-24-17-16-21(35-6-3)19-26(24)37-31/h9-10,12-17,19,29H,4-8,11,18H2,1-3H3,(H,32,34). The third-order valence-corrected chi connectivity index (χ3v) is 8.97. The number of nitrogens with zero attached hydrogens (tertiary/aromatic N) is 1. The van der Waals surface area contributed by atoms with Crippen molar-refractivity contribution in [1.82, 2.24) is 10.3 Å². The van der Waals surface area contributed by atoms with Gasteiger partial charge in [-0.1, -0.05) is 68.8 Å². The van der Waals surface area contributed by atoms with Gasteiger partial charge < -0.3 is 10.1 Å². The van der Waals surface area contributed by atoms with E-state index in [0.29, 0.717) is 13.2 Å². The molecule has 4 nitrogen and oxygen atoms in total. The van der Waals surface area contributed by atoms with Crippen LogP contribution in [0.2, 0.25) is 0 Å². The van der Waals surface area contributed by atoms with Crippen LogP contribution in [0.5, 0.6) is 5.75 Å². The number of unbranched alkanes of at least 4 members (excludes halogenated alkanes) is 2. The van der Waals surface area contributed by atoms with Gasteiger partial charge in [0, 0.05) is 17.0 Å². The molecule has 192 valence electrons. The van der Waals surface area contributed by atoms with Crippen molar-refractivity contribution in [1.29, 1.82) is 0 Å². The number of rotatable bonds is 11. The molecule has 4 aromatic rings. The van der Waals surface area contributed by atoms with Gasteiger partial charge in [0.1, 0.15) is 5.75 Å². The van der Waals surface area contributed by atoms with Crippen LogP contribution < -0.4 is 10.1 Å². The zero-order valence-electron chi connectivity index (χ0n) is 21.8. The second kappa shape index (κ2) is 11.7. The maximum atomic E-state index is 13.5. The maximum absolute atomic E-state index is 13.5. The maximum Gasteiger partial charge on any atom is 0.232 e. The minimum atomic E-state index is -0.265. The van der Waals surface area contributed by atoms with Crippen LogP contribution in [0, 0.1) is 0 Å². The molecule has 1 N–H and O–H groups in total. The Morgan fingerprint density at radius 3 is 2.73 bits per heavy atom. The predicted molar refractivity (Wildman–Crippen MR) is 155 cm³/mol. The Bertz CT molecular complexity index is 1410. The van der Waals surface area contributed by atoms with Crippen molar-refractivity contribution >= 4 is 39.2 Å². The molecule has 1 aliphatic rings. The van der Waals surface area contributed by atoms with E-state index in [4.69, 9.17) is 9.72 Å². The number of benzene rings is 3. The molecule has 0 spiro atoms. The summed E-state index contributed by atoms with van der Waals surface area (Å²) in [5.74, 6) is 0.718. The first-order chi connectivity index (χ1) is 18.1. The van der Waals surface area contributed by atoms with Gasteiger partial charge in [0.15, 0.2) is 4.34 Å². The molecule has 5 rings (SSSR count). The van der Waals surface area contributed by atoms with Gasteiger partial charge >= 0.3 is 0 Å². The van der Waals surface area contributed by atoms with E-state index >= 15 is 0 Å². The van der Waals surface area contributed by atoms with Gasteiger partial charge in [-0.2, -0.15) is 0 Å². The van der Waals surface area contributed by atoms with Crippen LogP contribution in [0.4, 0.5) is 0 Å². The predicted octanol–water partition coefficient (Wildman–Crippen LogP) is 8.22. The highest BCUT2D eigenvalue weighted by molar-refractivity contribution is 8.01. The molecule has 1 unspecified atom stereocenters. The number of thiazole rings is 1. The fourth-order valence-corrected chi connectivity index (χ4v) is 7.41. The van der Waals surface area contributed by atoms with E-state index in [1.807, 2.05) is 19.1 Å². The van der Waals surface area contributed by atoms with Crippen LogP contribution in [0.15, 0.2) is 63.8 Å². The zero-order valence-corrected chi connectivity index (χ0v) is 23.4. The molecular formula is C31H34N2O2S2. The minimum absolute atomic E-state index is 0.107. The number of ether oxygens (including phenoxy) is 1. The van der Waals surface area contributed by atoms with Crippen molar-refractivity contribution < 1.29 is 9.53 Å². The van der Waals surface area contributed by atoms with Gasteiger partial charge in [-0.3, -0.25) is 4.79 Å². The molecule has 0 aliphatic heterocycles. The van der Waals surface area contributed by atoms with Crippen LogP contribution >= 0.6 is 23.1 Å². The summed E-state index contributed by atoms with van der Waals surface area (Å²) in [5.41, 5.74) is 6.98. The second-order valence-electron chi connectivity index (χ2n) is 9.42. The lowest BCUT2D eigenvalue weighted by Crippen LogP contribution is -2.30. The summed E-state index contributed by atoms with van der Waals surface area (Å²) >= 11 is 3.38. The second-order valence-corrected chi connectivity index (χ2v) is 11.7. The molecule has 1 aromatic heterocycles. The summed E-state index contributed by atoms with van der Waals surface area (Å²) in [6.07, 6.45) is 5.46. The summed E-state index contributed by atoms with van der Waals surface area (Å²) < 4.78 is 7.80. The lowest BCUT2D eigenvalue weighted by Gasteiger charge is -2.17. The Kier molecular flexibility index (Phi) is 8.16. The van der Waals surface area contributed by atoms with Gasteiger partial charge in [-0.25, -0.2) is 4.98 Å². The van der Waals surface area contributed by atoms with Crippen LogP contribution in [-0.4, -0.2) is 24.0 Å². The Morgan fingerprint density at radius 2 is 1.92 bits per heavy atom. The van der Waals surface area contributed by atoms with E-state index in [2.05, 4.69) is 61.6 Å². The highest BCUT2D eigenvalue weighted by Crippen LogP contribution is 2.52. The van der Waals surface area contributed by atoms with Gasteiger partial charge in [0.2, 0.25) is 5.91 Å². The van der Waals surface area contributed by atoms with E-state index < -0.39 is 0 Å². The molecule has 1 heterocycles. The normalized spacial score (nSPS) is 14.0. The van der Waals surface area contributed by atoms with Crippen molar-refractivity contribution in [2.24, 2.45) is 0 Å². The minimum Gasteiger partial charge on any atom is -0.494 e. The average Bonchev–Trinajstić information content (AvgIpc) is 3.46. The third kappa shape index (κ3) is 5.27. The summed E-state index contributed by atoms with van der Waals surface area (Å²) in [6.45, 7) is 7.67.